The van der Waals surface area contributed by atoms with Gasteiger partial charge in [0.25, 0.3) is 0 Å². The van der Waals surface area contributed by atoms with Gasteiger partial charge in [0.05, 0.1) is 19.0 Å². The molecule has 1 aliphatic carbocycles. The Balaban J connectivity index is 1.91. The summed E-state index contributed by atoms with van der Waals surface area (Å²) in [7, 11) is 0. The zero-order chi connectivity index (χ0) is 12.8. The van der Waals surface area contributed by atoms with Crippen molar-refractivity contribution in [3.05, 3.63) is 12.4 Å². The first kappa shape index (κ1) is 13.1. The minimum atomic E-state index is 0.157. The van der Waals surface area contributed by atoms with Crippen LogP contribution in [0.3, 0.4) is 0 Å². The molecule has 0 amide bonds. The zero-order valence-corrected chi connectivity index (χ0v) is 10.8. The van der Waals surface area contributed by atoms with Crippen molar-refractivity contribution in [2.75, 3.05) is 6.61 Å². The average Bonchev–Trinajstić information content (AvgIpc) is 2.37. The first-order valence-corrected chi connectivity index (χ1v) is 6.65. The first-order valence-electron chi connectivity index (χ1n) is 6.65. The van der Waals surface area contributed by atoms with E-state index in [0.717, 1.165) is 32.1 Å². The lowest BCUT2D eigenvalue weighted by molar-refractivity contribution is 0.136. The molecular formula is C13H21N3O2. The summed E-state index contributed by atoms with van der Waals surface area (Å²) < 4.78 is 11.2. The molecule has 18 heavy (non-hydrogen) atoms. The van der Waals surface area contributed by atoms with E-state index in [-0.39, 0.29) is 12.1 Å². The topological polar surface area (TPSA) is 70.3 Å². The monoisotopic (exact) mass is 251 g/mol. The van der Waals surface area contributed by atoms with Gasteiger partial charge in [0.2, 0.25) is 11.8 Å². The van der Waals surface area contributed by atoms with Gasteiger partial charge in [-0.25, -0.2) is 0 Å². The molecule has 100 valence electrons. The first-order chi connectivity index (χ1) is 8.78. The molecule has 1 saturated carbocycles. The molecule has 2 atom stereocenters. The maximum atomic E-state index is 5.93. The van der Waals surface area contributed by atoms with Crippen molar-refractivity contribution in [2.45, 2.75) is 51.2 Å². The van der Waals surface area contributed by atoms with E-state index in [1.165, 1.54) is 0 Å². The molecule has 2 unspecified atom stereocenters. The molecule has 1 fully saturated rings. The summed E-state index contributed by atoms with van der Waals surface area (Å²) in [5.74, 6) is 1.05. The molecule has 0 spiro atoms. The number of hydrogen-bond acceptors (Lipinski definition) is 5. The average molecular weight is 251 g/mol. The van der Waals surface area contributed by atoms with Crippen molar-refractivity contribution in [1.82, 2.24) is 9.97 Å². The molecule has 5 nitrogen and oxygen atoms in total. The predicted molar refractivity (Wildman–Crippen MR) is 68.7 cm³/mol. The number of rotatable bonds is 5. The fourth-order valence-electron chi connectivity index (χ4n) is 2.12. The van der Waals surface area contributed by atoms with E-state index >= 15 is 0 Å². The number of hydrogen-bond donors (Lipinski definition) is 1. The SMILES string of the molecule is CCCOc1cncc(OC2CCCC(N)C2)n1. The second-order valence-corrected chi connectivity index (χ2v) is 4.71. The Bertz CT molecular complexity index is 373. The highest BCUT2D eigenvalue weighted by atomic mass is 16.5. The van der Waals surface area contributed by atoms with Crippen molar-refractivity contribution in [2.24, 2.45) is 5.73 Å². The van der Waals surface area contributed by atoms with E-state index < -0.39 is 0 Å². The van der Waals surface area contributed by atoms with Gasteiger partial charge < -0.3 is 15.2 Å². The van der Waals surface area contributed by atoms with Crippen molar-refractivity contribution in [3.63, 3.8) is 0 Å². The molecule has 1 aromatic rings. The number of nitrogens with two attached hydrogens (primary N) is 1. The fraction of sp³-hybridized carbons (Fsp3) is 0.692. The molecule has 0 aliphatic heterocycles. The van der Waals surface area contributed by atoms with Gasteiger partial charge in [-0.1, -0.05) is 6.92 Å². The Morgan fingerprint density at radius 1 is 1.33 bits per heavy atom. The molecule has 1 aliphatic rings. The second kappa shape index (κ2) is 6.54. The smallest absolute Gasteiger partial charge is 0.235 e. The van der Waals surface area contributed by atoms with Gasteiger partial charge in [-0.15, -0.1) is 0 Å². The normalized spacial score (nSPS) is 23.7. The van der Waals surface area contributed by atoms with Gasteiger partial charge in [0, 0.05) is 6.04 Å². The summed E-state index contributed by atoms with van der Waals surface area (Å²) in [6.07, 6.45) is 8.47. The maximum absolute atomic E-state index is 5.93. The summed E-state index contributed by atoms with van der Waals surface area (Å²) >= 11 is 0. The standard InChI is InChI=1S/C13H21N3O2/c1-2-6-17-12-8-15-9-13(16-12)18-11-5-3-4-10(14)7-11/h8-11H,2-7,14H2,1H3. The van der Waals surface area contributed by atoms with Crippen molar-refractivity contribution < 1.29 is 9.47 Å². The highest BCUT2D eigenvalue weighted by molar-refractivity contribution is 5.13. The molecule has 2 N–H and O–H groups in total. The van der Waals surface area contributed by atoms with E-state index in [0.29, 0.717) is 18.4 Å². The predicted octanol–water partition coefficient (Wildman–Crippen LogP) is 1.91. The summed E-state index contributed by atoms with van der Waals surface area (Å²) in [4.78, 5) is 8.36. The minimum absolute atomic E-state index is 0.157. The molecule has 5 heteroatoms. The van der Waals surface area contributed by atoms with Gasteiger partial charge in [0.1, 0.15) is 6.10 Å². The number of nitrogens with zero attached hydrogens (tertiary/aromatic N) is 2. The van der Waals surface area contributed by atoms with Crippen LogP contribution in [0.5, 0.6) is 11.8 Å². The van der Waals surface area contributed by atoms with E-state index in [4.69, 9.17) is 15.2 Å². The summed E-state index contributed by atoms with van der Waals surface area (Å²) in [5.41, 5.74) is 5.93. The van der Waals surface area contributed by atoms with Gasteiger partial charge in [-0.2, -0.15) is 4.98 Å². The maximum Gasteiger partial charge on any atom is 0.235 e. The molecule has 0 aromatic carbocycles. The summed E-state index contributed by atoms with van der Waals surface area (Å²) in [6.45, 7) is 2.70. The molecule has 2 rings (SSSR count). The molecule has 1 heterocycles. The third-order valence-corrected chi connectivity index (χ3v) is 3.00. The van der Waals surface area contributed by atoms with Crippen LogP contribution < -0.4 is 15.2 Å². The van der Waals surface area contributed by atoms with Crippen molar-refractivity contribution in [1.29, 1.82) is 0 Å². The van der Waals surface area contributed by atoms with Crippen LogP contribution in [0.15, 0.2) is 12.4 Å². The van der Waals surface area contributed by atoms with Gasteiger partial charge in [-0.3, -0.25) is 4.98 Å². The lowest BCUT2D eigenvalue weighted by Crippen LogP contribution is -2.33. The minimum Gasteiger partial charge on any atom is -0.477 e. The third kappa shape index (κ3) is 3.84. The van der Waals surface area contributed by atoms with Crippen LogP contribution in [0.2, 0.25) is 0 Å². The summed E-state index contributed by atoms with van der Waals surface area (Å²) in [5, 5.41) is 0. The quantitative estimate of drug-likeness (QED) is 0.865. The third-order valence-electron chi connectivity index (χ3n) is 3.00. The molecular weight excluding hydrogens is 230 g/mol. The molecule has 0 bridgehead atoms. The zero-order valence-electron chi connectivity index (χ0n) is 10.8. The Labute approximate surface area is 108 Å². The van der Waals surface area contributed by atoms with Crippen molar-refractivity contribution in [3.8, 4) is 11.8 Å². The summed E-state index contributed by atoms with van der Waals surface area (Å²) in [6, 6.07) is 0.247. The Kier molecular flexibility index (Phi) is 4.75. The van der Waals surface area contributed by atoms with Crippen molar-refractivity contribution >= 4 is 0 Å². The van der Waals surface area contributed by atoms with Gasteiger partial charge >= 0.3 is 0 Å². The lowest BCUT2D eigenvalue weighted by atomic mass is 9.94. The Hall–Kier alpha value is -1.36. The van der Waals surface area contributed by atoms with Crippen LogP contribution in [-0.4, -0.2) is 28.7 Å². The van der Waals surface area contributed by atoms with Crippen LogP contribution in [0.1, 0.15) is 39.0 Å². The Morgan fingerprint density at radius 3 is 2.94 bits per heavy atom. The highest BCUT2D eigenvalue weighted by Gasteiger charge is 2.21. The lowest BCUT2D eigenvalue weighted by Gasteiger charge is -2.26. The van der Waals surface area contributed by atoms with Crippen LogP contribution in [0, 0.1) is 0 Å². The fourth-order valence-corrected chi connectivity index (χ4v) is 2.12. The molecule has 0 radical (unpaired) electrons. The van der Waals surface area contributed by atoms with Gasteiger partial charge in [0.15, 0.2) is 0 Å². The largest absolute Gasteiger partial charge is 0.477 e. The van der Waals surface area contributed by atoms with E-state index in [1.807, 2.05) is 0 Å². The molecule has 0 saturated heterocycles. The Morgan fingerprint density at radius 2 is 2.17 bits per heavy atom. The van der Waals surface area contributed by atoms with Crippen LogP contribution in [0.4, 0.5) is 0 Å². The van der Waals surface area contributed by atoms with Crippen LogP contribution in [0.25, 0.3) is 0 Å². The highest BCUT2D eigenvalue weighted by Crippen LogP contribution is 2.22. The van der Waals surface area contributed by atoms with Crippen LogP contribution in [-0.2, 0) is 0 Å². The van der Waals surface area contributed by atoms with E-state index in [9.17, 15) is 0 Å². The van der Waals surface area contributed by atoms with Crippen LogP contribution >= 0.6 is 0 Å². The molecule has 1 aromatic heterocycles. The second-order valence-electron chi connectivity index (χ2n) is 4.71. The van der Waals surface area contributed by atoms with E-state index in [2.05, 4.69) is 16.9 Å². The van der Waals surface area contributed by atoms with E-state index in [1.54, 1.807) is 12.4 Å². The number of aromatic nitrogens is 2. The number of ether oxygens (including phenoxy) is 2. The van der Waals surface area contributed by atoms with Gasteiger partial charge in [-0.05, 0) is 32.1 Å².